The topological polar surface area (TPSA) is 93.4 Å². The first-order chi connectivity index (χ1) is 14.1. The van der Waals surface area contributed by atoms with Gasteiger partial charge in [0.15, 0.2) is 0 Å². The van der Waals surface area contributed by atoms with E-state index in [4.69, 9.17) is 21.1 Å². The van der Waals surface area contributed by atoms with Crippen LogP contribution in [0.4, 0.5) is 10.5 Å². The summed E-state index contributed by atoms with van der Waals surface area (Å²) in [4.78, 5) is 29.4. The van der Waals surface area contributed by atoms with Crippen LogP contribution < -0.4 is 9.64 Å². The van der Waals surface area contributed by atoms with Gasteiger partial charge in [0, 0.05) is 11.8 Å². The molecule has 0 aliphatic rings. The van der Waals surface area contributed by atoms with E-state index in [1.165, 1.54) is 0 Å². The second-order valence-electron chi connectivity index (χ2n) is 7.56. The van der Waals surface area contributed by atoms with Crippen molar-refractivity contribution in [3.63, 3.8) is 0 Å². The highest BCUT2D eigenvalue weighted by molar-refractivity contribution is 6.33. The number of carboxylic acid groups (broad SMARTS) is 1. The average molecular weight is 432 g/mol. The maximum absolute atomic E-state index is 12.6. The Morgan fingerprint density at radius 1 is 1.23 bits per heavy atom. The van der Waals surface area contributed by atoms with Crippen molar-refractivity contribution in [2.45, 2.75) is 26.4 Å². The maximum atomic E-state index is 12.6. The molecule has 158 valence electrons. The lowest BCUT2D eigenvalue weighted by molar-refractivity contribution is -0.135. The van der Waals surface area contributed by atoms with Gasteiger partial charge in [0.05, 0.1) is 29.7 Å². The molecule has 0 aliphatic carbocycles. The quantitative estimate of drug-likeness (QED) is 0.639. The van der Waals surface area contributed by atoms with Crippen LogP contribution in [0.3, 0.4) is 0 Å². The molecule has 30 heavy (non-hydrogen) atoms. The highest BCUT2D eigenvalue weighted by Gasteiger charge is 2.26. The maximum Gasteiger partial charge on any atom is 0.415 e. The third-order valence-corrected chi connectivity index (χ3v) is 4.47. The van der Waals surface area contributed by atoms with Gasteiger partial charge in [-0.25, -0.2) is 9.78 Å². The number of carbonyl (C=O) groups is 2. The highest BCUT2D eigenvalue weighted by atomic mass is 35.5. The zero-order valence-electron chi connectivity index (χ0n) is 17.0. The molecule has 1 amide bonds. The van der Waals surface area contributed by atoms with Crippen LogP contribution >= 0.6 is 11.6 Å². The lowest BCUT2D eigenvalue weighted by Crippen LogP contribution is -2.40. The number of fused-ring (bicyclic) bond motifs is 1. The molecule has 0 fully saturated rings. The Kier molecular flexibility index (Phi) is 5.89. The Hall–Kier alpha value is -3.26. The molecular weight excluding hydrogens is 410 g/mol. The molecule has 8 nitrogen and oxygen atoms in total. The van der Waals surface area contributed by atoms with Crippen LogP contribution in [0, 0.1) is 0 Å². The lowest BCUT2D eigenvalue weighted by atomic mass is 10.1. The second-order valence-corrected chi connectivity index (χ2v) is 7.97. The van der Waals surface area contributed by atoms with E-state index >= 15 is 0 Å². The summed E-state index contributed by atoms with van der Waals surface area (Å²) in [5, 5.41) is 9.75. The number of rotatable bonds is 5. The van der Waals surface area contributed by atoms with Gasteiger partial charge < -0.3 is 14.6 Å². The van der Waals surface area contributed by atoms with Gasteiger partial charge in [-0.3, -0.25) is 14.1 Å². The average Bonchev–Trinajstić information content (AvgIpc) is 3.07. The molecule has 0 unspecified atom stereocenters. The van der Waals surface area contributed by atoms with Gasteiger partial charge in [-0.15, -0.1) is 0 Å². The normalized spacial score (nSPS) is 11.4. The molecule has 9 heteroatoms. The fraction of sp³-hybridized carbons (Fsp3) is 0.286. The van der Waals surface area contributed by atoms with Crippen LogP contribution in [0.2, 0.25) is 5.02 Å². The number of amides is 1. The molecule has 1 N–H and O–H groups in total. The molecule has 0 spiro atoms. The van der Waals surface area contributed by atoms with Crippen molar-refractivity contribution < 1.29 is 24.2 Å². The van der Waals surface area contributed by atoms with E-state index in [1.54, 1.807) is 75.0 Å². The molecule has 1 aromatic carbocycles. The first-order valence-electron chi connectivity index (χ1n) is 9.12. The van der Waals surface area contributed by atoms with Crippen molar-refractivity contribution in [2.75, 3.05) is 18.6 Å². The summed E-state index contributed by atoms with van der Waals surface area (Å²) in [6, 6.07) is 8.59. The zero-order chi connectivity index (χ0) is 22.1. The summed E-state index contributed by atoms with van der Waals surface area (Å²) in [6.07, 6.45) is 2.53. The predicted molar refractivity (Wildman–Crippen MR) is 113 cm³/mol. The molecule has 3 rings (SSSR count). The summed E-state index contributed by atoms with van der Waals surface area (Å²) in [6.45, 7) is 4.60. The van der Waals surface area contributed by atoms with Gasteiger partial charge in [0.25, 0.3) is 0 Å². The van der Waals surface area contributed by atoms with E-state index in [9.17, 15) is 14.7 Å². The van der Waals surface area contributed by atoms with Crippen molar-refractivity contribution in [2.24, 2.45) is 0 Å². The molecule has 2 heterocycles. The Balaban J connectivity index is 2.07. The van der Waals surface area contributed by atoms with Gasteiger partial charge in [-0.1, -0.05) is 11.6 Å². The van der Waals surface area contributed by atoms with E-state index in [0.29, 0.717) is 33.4 Å². The summed E-state index contributed by atoms with van der Waals surface area (Å²) in [5.41, 5.74) is 1.58. The van der Waals surface area contributed by atoms with Gasteiger partial charge in [-0.2, -0.15) is 0 Å². The number of hydrogen-bond donors (Lipinski definition) is 1. The number of hydrogen-bond acceptors (Lipinski definition) is 5. The first kappa shape index (κ1) is 21.4. The van der Waals surface area contributed by atoms with Crippen LogP contribution in [0.1, 0.15) is 20.8 Å². The SMILES string of the molecule is COc1ccc(-c2cnc3ccc(N(CC(=O)O)C(=O)OC(C)(C)C)cn23)c(Cl)c1. The highest BCUT2D eigenvalue weighted by Crippen LogP contribution is 2.32. The Morgan fingerprint density at radius 2 is 1.97 bits per heavy atom. The number of aliphatic carboxylic acids is 1. The number of nitrogens with zero attached hydrogens (tertiary/aromatic N) is 3. The predicted octanol–water partition coefficient (Wildman–Crippen LogP) is 4.49. The van der Waals surface area contributed by atoms with Crippen molar-refractivity contribution in [3.05, 3.63) is 47.7 Å². The van der Waals surface area contributed by atoms with E-state index in [2.05, 4.69) is 4.98 Å². The standard InChI is InChI=1S/C21H22ClN3O5/c1-21(2,3)30-20(28)24(12-19(26)27)13-5-8-18-23-10-17(25(18)11-13)15-7-6-14(29-4)9-16(15)22/h5-11H,12H2,1-4H3,(H,26,27). The van der Waals surface area contributed by atoms with Crippen LogP contribution in [-0.2, 0) is 9.53 Å². The van der Waals surface area contributed by atoms with Crippen molar-refractivity contribution >= 4 is 35.0 Å². The van der Waals surface area contributed by atoms with Crippen LogP contribution in [0.25, 0.3) is 16.9 Å². The minimum atomic E-state index is -1.16. The third-order valence-electron chi connectivity index (χ3n) is 4.16. The summed E-state index contributed by atoms with van der Waals surface area (Å²) in [5.74, 6) is -0.541. The van der Waals surface area contributed by atoms with Crippen molar-refractivity contribution in [3.8, 4) is 17.0 Å². The van der Waals surface area contributed by atoms with E-state index in [1.807, 2.05) is 0 Å². The van der Waals surface area contributed by atoms with Crippen LogP contribution in [0.15, 0.2) is 42.7 Å². The molecule has 3 aromatic rings. The second kappa shape index (κ2) is 8.23. The van der Waals surface area contributed by atoms with Gasteiger partial charge >= 0.3 is 12.1 Å². The van der Waals surface area contributed by atoms with E-state index in [-0.39, 0.29) is 0 Å². The fourth-order valence-electron chi connectivity index (χ4n) is 2.87. The fourth-order valence-corrected chi connectivity index (χ4v) is 3.14. The third kappa shape index (κ3) is 4.65. The number of carboxylic acids is 1. The minimum absolute atomic E-state index is 0.350. The number of benzene rings is 1. The number of pyridine rings is 1. The number of ether oxygens (including phenoxy) is 2. The molecule has 0 atom stereocenters. The zero-order valence-corrected chi connectivity index (χ0v) is 17.8. The monoisotopic (exact) mass is 431 g/mol. The molecule has 0 saturated carbocycles. The van der Waals surface area contributed by atoms with Crippen LogP contribution in [-0.4, -0.2) is 45.8 Å². The van der Waals surface area contributed by atoms with Gasteiger partial charge in [0.1, 0.15) is 23.5 Å². The van der Waals surface area contributed by atoms with Crippen molar-refractivity contribution in [1.82, 2.24) is 9.38 Å². The number of anilines is 1. The molecule has 0 saturated heterocycles. The van der Waals surface area contributed by atoms with E-state index in [0.717, 1.165) is 4.90 Å². The summed E-state index contributed by atoms with van der Waals surface area (Å²) >= 11 is 6.41. The van der Waals surface area contributed by atoms with Gasteiger partial charge in [-0.05, 0) is 51.1 Å². The number of carbonyl (C=O) groups excluding carboxylic acids is 1. The van der Waals surface area contributed by atoms with Crippen LogP contribution in [0.5, 0.6) is 5.75 Å². The lowest BCUT2D eigenvalue weighted by Gasteiger charge is -2.26. The molecular formula is C21H22ClN3O5. The molecule has 0 aliphatic heterocycles. The molecule has 0 bridgehead atoms. The Morgan fingerprint density at radius 3 is 2.57 bits per heavy atom. The summed E-state index contributed by atoms with van der Waals surface area (Å²) < 4.78 is 12.3. The molecule has 0 radical (unpaired) electrons. The Bertz CT molecular complexity index is 1100. The number of methoxy groups -OCH3 is 1. The van der Waals surface area contributed by atoms with Gasteiger partial charge in [0.2, 0.25) is 0 Å². The minimum Gasteiger partial charge on any atom is -0.497 e. The first-order valence-corrected chi connectivity index (χ1v) is 9.50. The summed E-state index contributed by atoms with van der Waals surface area (Å²) in [7, 11) is 1.56. The Labute approximate surface area is 178 Å². The van der Waals surface area contributed by atoms with Crippen molar-refractivity contribution in [1.29, 1.82) is 0 Å². The smallest absolute Gasteiger partial charge is 0.415 e. The molecule has 2 aromatic heterocycles. The number of aromatic nitrogens is 2. The van der Waals surface area contributed by atoms with E-state index < -0.39 is 24.2 Å². The number of halogens is 1. The largest absolute Gasteiger partial charge is 0.497 e. The number of imidazole rings is 1.